The van der Waals surface area contributed by atoms with Crippen LogP contribution in [0.4, 0.5) is 5.69 Å². The molecule has 1 saturated carbocycles. The molecule has 0 aliphatic heterocycles. The lowest BCUT2D eigenvalue weighted by atomic mass is 10.1. The zero-order valence-corrected chi connectivity index (χ0v) is 11.7. The molecule has 1 amide bonds. The summed E-state index contributed by atoms with van der Waals surface area (Å²) in [6, 6.07) is 9.20. The van der Waals surface area contributed by atoms with Gasteiger partial charge in [-0.1, -0.05) is 6.07 Å². The predicted molar refractivity (Wildman–Crippen MR) is 82.6 cm³/mol. The number of benzene rings is 1. The Morgan fingerprint density at radius 1 is 1.23 bits per heavy atom. The summed E-state index contributed by atoms with van der Waals surface area (Å²) >= 11 is 0. The van der Waals surface area contributed by atoms with Crippen molar-refractivity contribution in [2.24, 2.45) is 5.92 Å². The molecule has 3 aromatic rings. The molecule has 1 aromatic carbocycles. The Balaban J connectivity index is 1.49. The Labute approximate surface area is 125 Å². The fourth-order valence-corrected chi connectivity index (χ4v) is 2.79. The number of hydrogen-bond donors (Lipinski definition) is 3. The standard InChI is InChI=1S/C16H14N4O2/c21-15(12-7-11(12)9-2-1-5-17-8-9)18-10-3-4-13-14(6-10)20-16(22)19-13/h1-6,8,11-12H,7H2,(H,18,21)(H2,19,20,22)/t11-,12+/m1/s1. The second-order valence-corrected chi connectivity index (χ2v) is 5.56. The monoisotopic (exact) mass is 294 g/mol. The molecule has 2 atom stereocenters. The topological polar surface area (TPSA) is 90.6 Å². The highest BCUT2D eigenvalue weighted by Gasteiger charge is 2.44. The maximum atomic E-state index is 12.3. The van der Waals surface area contributed by atoms with Gasteiger partial charge in [-0.25, -0.2) is 4.79 Å². The van der Waals surface area contributed by atoms with Crippen molar-refractivity contribution in [3.63, 3.8) is 0 Å². The van der Waals surface area contributed by atoms with Crippen LogP contribution in [0.2, 0.25) is 0 Å². The van der Waals surface area contributed by atoms with Gasteiger partial charge >= 0.3 is 5.69 Å². The third-order valence-corrected chi connectivity index (χ3v) is 4.02. The number of aromatic amines is 2. The van der Waals surface area contributed by atoms with E-state index in [1.165, 1.54) is 0 Å². The first kappa shape index (κ1) is 12.8. The molecule has 2 aromatic heterocycles. The van der Waals surface area contributed by atoms with Crippen LogP contribution in [0, 0.1) is 5.92 Å². The van der Waals surface area contributed by atoms with Crippen molar-refractivity contribution in [3.05, 3.63) is 58.8 Å². The van der Waals surface area contributed by atoms with Gasteiger partial charge < -0.3 is 15.3 Å². The van der Waals surface area contributed by atoms with Crippen LogP contribution in [0.25, 0.3) is 11.0 Å². The van der Waals surface area contributed by atoms with Gasteiger partial charge in [0.25, 0.3) is 0 Å². The maximum Gasteiger partial charge on any atom is 0.323 e. The molecular weight excluding hydrogens is 280 g/mol. The Bertz CT molecular complexity index is 897. The highest BCUT2D eigenvalue weighted by Crippen LogP contribution is 2.47. The largest absolute Gasteiger partial charge is 0.326 e. The van der Waals surface area contributed by atoms with Crippen molar-refractivity contribution in [2.75, 3.05) is 5.32 Å². The summed E-state index contributed by atoms with van der Waals surface area (Å²) in [6.07, 6.45) is 4.39. The van der Waals surface area contributed by atoms with E-state index in [2.05, 4.69) is 20.3 Å². The number of carbonyl (C=O) groups is 1. The highest BCUT2D eigenvalue weighted by molar-refractivity contribution is 5.96. The van der Waals surface area contributed by atoms with Gasteiger partial charge in [-0.3, -0.25) is 9.78 Å². The van der Waals surface area contributed by atoms with Crippen molar-refractivity contribution in [2.45, 2.75) is 12.3 Å². The maximum absolute atomic E-state index is 12.3. The average molecular weight is 294 g/mol. The molecule has 6 heteroatoms. The van der Waals surface area contributed by atoms with Gasteiger partial charge in [0, 0.05) is 24.0 Å². The molecule has 4 rings (SSSR count). The summed E-state index contributed by atoms with van der Waals surface area (Å²) < 4.78 is 0. The van der Waals surface area contributed by atoms with E-state index in [9.17, 15) is 9.59 Å². The van der Waals surface area contributed by atoms with Crippen LogP contribution in [-0.4, -0.2) is 20.9 Å². The van der Waals surface area contributed by atoms with Gasteiger partial charge in [0.1, 0.15) is 0 Å². The van der Waals surface area contributed by atoms with Crippen LogP contribution in [0.3, 0.4) is 0 Å². The van der Waals surface area contributed by atoms with E-state index in [1.54, 1.807) is 24.4 Å². The first-order valence-corrected chi connectivity index (χ1v) is 7.13. The molecule has 1 aliphatic carbocycles. The number of pyridine rings is 1. The smallest absolute Gasteiger partial charge is 0.323 e. The number of fused-ring (bicyclic) bond motifs is 1. The van der Waals surface area contributed by atoms with Gasteiger partial charge in [-0.05, 0) is 42.2 Å². The van der Waals surface area contributed by atoms with Crippen LogP contribution in [0.15, 0.2) is 47.5 Å². The lowest BCUT2D eigenvalue weighted by molar-refractivity contribution is -0.117. The molecule has 2 heterocycles. The molecular formula is C16H14N4O2. The van der Waals surface area contributed by atoms with E-state index < -0.39 is 0 Å². The number of nitrogens with zero attached hydrogens (tertiary/aromatic N) is 1. The zero-order chi connectivity index (χ0) is 15.1. The van der Waals surface area contributed by atoms with Gasteiger partial charge in [-0.15, -0.1) is 0 Å². The molecule has 22 heavy (non-hydrogen) atoms. The first-order chi connectivity index (χ1) is 10.7. The fourth-order valence-electron chi connectivity index (χ4n) is 2.79. The van der Waals surface area contributed by atoms with Gasteiger partial charge in [0.15, 0.2) is 0 Å². The lowest BCUT2D eigenvalue weighted by Gasteiger charge is -2.05. The van der Waals surface area contributed by atoms with Crippen LogP contribution in [0.5, 0.6) is 0 Å². The van der Waals surface area contributed by atoms with Crippen LogP contribution >= 0.6 is 0 Å². The number of imidazole rings is 1. The zero-order valence-electron chi connectivity index (χ0n) is 11.7. The molecule has 1 fully saturated rings. The molecule has 0 spiro atoms. The van der Waals surface area contributed by atoms with E-state index in [1.807, 2.05) is 18.3 Å². The third kappa shape index (κ3) is 2.28. The number of carbonyl (C=O) groups excluding carboxylic acids is 1. The van der Waals surface area contributed by atoms with Crippen molar-refractivity contribution in [3.8, 4) is 0 Å². The molecule has 6 nitrogen and oxygen atoms in total. The van der Waals surface area contributed by atoms with Crippen LogP contribution in [-0.2, 0) is 4.79 Å². The molecule has 3 N–H and O–H groups in total. The van der Waals surface area contributed by atoms with Crippen LogP contribution in [0.1, 0.15) is 17.9 Å². The lowest BCUT2D eigenvalue weighted by Crippen LogP contribution is -2.14. The average Bonchev–Trinajstić information content (AvgIpc) is 3.24. The van der Waals surface area contributed by atoms with E-state index in [0.717, 1.165) is 17.5 Å². The van der Waals surface area contributed by atoms with E-state index >= 15 is 0 Å². The molecule has 0 unspecified atom stereocenters. The molecule has 110 valence electrons. The summed E-state index contributed by atoms with van der Waals surface area (Å²) in [5.74, 6) is 0.251. The Hall–Kier alpha value is -2.89. The quantitative estimate of drug-likeness (QED) is 0.690. The Kier molecular flexibility index (Phi) is 2.82. The Morgan fingerprint density at radius 2 is 2.09 bits per heavy atom. The number of H-pyrrole nitrogens is 2. The van der Waals surface area contributed by atoms with Gasteiger partial charge in [0.2, 0.25) is 5.91 Å². The summed E-state index contributed by atoms with van der Waals surface area (Å²) in [7, 11) is 0. The first-order valence-electron chi connectivity index (χ1n) is 7.13. The molecule has 0 bridgehead atoms. The summed E-state index contributed by atoms with van der Waals surface area (Å²) in [4.78, 5) is 33.0. The normalized spacial score (nSPS) is 20.0. The second kappa shape index (κ2) is 4.84. The minimum atomic E-state index is -0.252. The minimum Gasteiger partial charge on any atom is -0.326 e. The van der Waals surface area contributed by atoms with E-state index in [-0.39, 0.29) is 23.4 Å². The number of rotatable bonds is 3. The molecule has 1 aliphatic rings. The summed E-state index contributed by atoms with van der Waals surface area (Å²) in [5.41, 5.74) is 2.94. The highest BCUT2D eigenvalue weighted by atomic mass is 16.2. The molecule has 0 radical (unpaired) electrons. The number of aromatic nitrogens is 3. The van der Waals surface area contributed by atoms with E-state index in [0.29, 0.717) is 11.2 Å². The number of anilines is 1. The minimum absolute atomic E-state index is 0.00563. The predicted octanol–water partition coefficient (Wildman–Crippen LogP) is 1.99. The SMILES string of the molecule is O=C(Nc1ccc2[nH]c(=O)[nH]c2c1)[C@H]1C[C@@H]1c1cccnc1. The van der Waals surface area contributed by atoms with Gasteiger partial charge in [-0.2, -0.15) is 0 Å². The van der Waals surface area contributed by atoms with Crippen molar-refractivity contribution < 1.29 is 4.79 Å². The van der Waals surface area contributed by atoms with E-state index in [4.69, 9.17) is 0 Å². The molecule has 0 saturated heterocycles. The van der Waals surface area contributed by atoms with Crippen LogP contribution < -0.4 is 11.0 Å². The third-order valence-electron chi connectivity index (χ3n) is 4.02. The van der Waals surface area contributed by atoms with Gasteiger partial charge in [0.05, 0.1) is 11.0 Å². The number of amides is 1. The number of hydrogen-bond acceptors (Lipinski definition) is 3. The summed E-state index contributed by atoms with van der Waals surface area (Å²) in [6.45, 7) is 0. The van der Waals surface area contributed by atoms with Crippen molar-refractivity contribution in [1.82, 2.24) is 15.0 Å². The fraction of sp³-hybridized carbons (Fsp3) is 0.188. The number of nitrogens with one attached hydrogen (secondary N) is 3. The Morgan fingerprint density at radius 3 is 2.91 bits per heavy atom. The van der Waals surface area contributed by atoms with Crippen molar-refractivity contribution in [1.29, 1.82) is 0 Å². The summed E-state index contributed by atoms with van der Waals surface area (Å²) in [5, 5.41) is 2.91. The van der Waals surface area contributed by atoms with Crippen molar-refractivity contribution >= 4 is 22.6 Å². The second-order valence-electron chi connectivity index (χ2n) is 5.56.